The number of aromatic nitrogens is 2. The highest BCUT2D eigenvalue weighted by molar-refractivity contribution is 5.96. The Morgan fingerprint density at radius 1 is 1.02 bits per heavy atom. The molecule has 0 unspecified atom stereocenters. The molecule has 0 fully saturated rings. The molecule has 5 rings (SSSR count). The number of hydrogen-bond acceptors (Lipinski definition) is 9. The van der Waals surface area contributed by atoms with Gasteiger partial charge in [0.25, 0.3) is 17.7 Å². The fourth-order valence-corrected chi connectivity index (χ4v) is 4.95. The van der Waals surface area contributed by atoms with Crippen molar-refractivity contribution in [2.24, 2.45) is 5.92 Å². The van der Waals surface area contributed by atoms with Crippen molar-refractivity contribution in [2.75, 3.05) is 19.7 Å². The minimum absolute atomic E-state index is 0.00868. The van der Waals surface area contributed by atoms with E-state index in [1.165, 1.54) is 41.5 Å². The maximum absolute atomic E-state index is 13.4. The number of carbonyl (C=O) groups is 4. The summed E-state index contributed by atoms with van der Waals surface area (Å²) < 4.78 is 29.9. The van der Waals surface area contributed by atoms with Crippen LogP contribution in [-0.4, -0.2) is 64.4 Å². The number of amides is 4. The van der Waals surface area contributed by atoms with E-state index in [1.54, 1.807) is 0 Å². The van der Waals surface area contributed by atoms with Crippen LogP contribution in [-0.2, 0) is 22.6 Å². The van der Waals surface area contributed by atoms with E-state index in [-0.39, 0.29) is 61.6 Å². The van der Waals surface area contributed by atoms with E-state index in [0.717, 1.165) is 5.56 Å². The predicted octanol–water partition coefficient (Wildman–Crippen LogP) is 3.20. The van der Waals surface area contributed by atoms with Crippen molar-refractivity contribution in [3.8, 4) is 5.75 Å². The maximum atomic E-state index is 13.4. The zero-order valence-corrected chi connectivity index (χ0v) is 25.9. The van der Waals surface area contributed by atoms with Gasteiger partial charge in [0.2, 0.25) is 11.8 Å². The molecule has 0 saturated heterocycles. The SMILES string of the molecule is CC(C)C[C@H]1NC(=O)c2cc(on2)CN(C(=O)COc2ccc(F)cc2)CCNC(=O)[C@H](Cc2ccccc2)NC(=O)c2coc1n2. The van der Waals surface area contributed by atoms with Gasteiger partial charge in [0, 0.05) is 25.6 Å². The molecule has 4 amide bonds. The molecule has 0 radical (unpaired) electrons. The number of carbonyl (C=O) groups excluding carboxylic acids is 4. The van der Waals surface area contributed by atoms with Gasteiger partial charge in [-0.15, -0.1) is 0 Å². The van der Waals surface area contributed by atoms with Crippen molar-refractivity contribution < 1.29 is 37.2 Å². The minimum atomic E-state index is -0.988. The first-order valence-electron chi connectivity index (χ1n) is 15.1. The van der Waals surface area contributed by atoms with Crippen LogP contribution in [0.15, 0.2) is 75.9 Å². The molecule has 2 aromatic carbocycles. The number of hydrogen-bond donors (Lipinski definition) is 3. The summed E-state index contributed by atoms with van der Waals surface area (Å²) in [4.78, 5) is 58.9. The van der Waals surface area contributed by atoms with E-state index in [0.29, 0.717) is 12.2 Å². The smallest absolute Gasteiger partial charge is 0.274 e. The van der Waals surface area contributed by atoms with Crippen molar-refractivity contribution in [2.45, 2.75) is 45.3 Å². The summed E-state index contributed by atoms with van der Waals surface area (Å²) in [5, 5.41) is 12.3. The Bertz CT molecular complexity index is 1690. The zero-order chi connectivity index (χ0) is 33.3. The summed E-state index contributed by atoms with van der Waals surface area (Å²) in [5.74, 6) is -1.85. The maximum Gasteiger partial charge on any atom is 0.274 e. The van der Waals surface area contributed by atoms with Gasteiger partial charge in [0.1, 0.15) is 29.9 Å². The van der Waals surface area contributed by atoms with Crippen LogP contribution in [0.2, 0.25) is 0 Å². The summed E-state index contributed by atoms with van der Waals surface area (Å²) in [5.41, 5.74) is 0.717. The van der Waals surface area contributed by atoms with Crippen molar-refractivity contribution in [1.29, 1.82) is 0 Å². The van der Waals surface area contributed by atoms with Crippen LogP contribution < -0.4 is 20.7 Å². The van der Waals surface area contributed by atoms with Gasteiger partial charge < -0.3 is 34.5 Å². The topological polar surface area (TPSA) is 169 Å². The van der Waals surface area contributed by atoms with Gasteiger partial charge in [-0.2, -0.15) is 0 Å². The number of fused-ring (bicyclic) bond motifs is 4. The summed E-state index contributed by atoms with van der Waals surface area (Å²) >= 11 is 0. The molecule has 0 saturated carbocycles. The quantitative estimate of drug-likeness (QED) is 0.273. The lowest BCUT2D eigenvalue weighted by Crippen LogP contribution is -2.50. The molecule has 4 bridgehead atoms. The van der Waals surface area contributed by atoms with Crippen molar-refractivity contribution in [3.05, 3.63) is 101 Å². The second kappa shape index (κ2) is 15.2. The van der Waals surface area contributed by atoms with E-state index in [9.17, 15) is 23.6 Å². The largest absolute Gasteiger partial charge is 0.484 e. The minimum Gasteiger partial charge on any atom is -0.484 e. The van der Waals surface area contributed by atoms with Crippen LogP contribution in [0.25, 0.3) is 0 Å². The highest BCUT2D eigenvalue weighted by Gasteiger charge is 2.28. The Morgan fingerprint density at radius 2 is 1.74 bits per heavy atom. The molecule has 0 aliphatic carbocycles. The molecule has 0 spiro atoms. The molecule has 2 atom stereocenters. The number of nitrogens with one attached hydrogen (secondary N) is 3. The van der Waals surface area contributed by atoms with Crippen molar-refractivity contribution in [3.63, 3.8) is 0 Å². The monoisotopic (exact) mass is 646 g/mol. The molecule has 3 N–H and O–H groups in total. The van der Waals surface area contributed by atoms with Crippen molar-refractivity contribution >= 4 is 23.6 Å². The van der Waals surface area contributed by atoms with Gasteiger partial charge in [-0.1, -0.05) is 49.3 Å². The Labute approximate surface area is 269 Å². The number of rotatable bonds is 7. The van der Waals surface area contributed by atoms with Gasteiger partial charge in [0.15, 0.2) is 23.8 Å². The van der Waals surface area contributed by atoms with Crippen LogP contribution in [0.1, 0.15) is 64.5 Å². The van der Waals surface area contributed by atoms with Gasteiger partial charge in [-0.25, -0.2) is 9.37 Å². The Kier molecular flexibility index (Phi) is 10.6. The molecular weight excluding hydrogens is 611 g/mol. The molecule has 13 nitrogen and oxygen atoms in total. The Balaban J connectivity index is 1.41. The number of nitrogens with zero attached hydrogens (tertiary/aromatic N) is 3. The average molecular weight is 647 g/mol. The van der Waals surface area contributed by atoms with Crippen LogP contribution >= 0.6 is 0 Å². The molecule has 1 aliphatic heterocycles. The summed E-state index contributed by atoms with van der Waals surface area (Å²) in [7, 11) is 0. The fraction of sp³-hybridized carbons (Fsp3) is 0.333. The summed E-state index contributed by atoms with van der Waals surface area (Å²) in [6.07, 6.45) is 1.80. The van der Waals surface area contributed by atoms with Crippen LogP contribution in [0, 0.1) is 11.7 Å². The van der Waals surface area contributed by atoms with Crippen LogP contribution in [0.3, 0.4) is 0 Å². The van der Waals surface area contributed by atoms with E-state index >= 15 is 0 Å². The second-order valence-electron chi connectivity index (χ2n) is 11.5. The lowest BCUT2D eigenvalue weighted by atomic mass is 10.0. The third-order valence-corrected chi connectivity index (χ3v) is 7.32. The Morgan fingerprint density at radius 3 is 2.49 bits per heavy atom. The van der Waals surface area contributed by atoms with Gasteiger partial charge >= 0.3 is 0 Å². The molecule has 1 aliphatic rings. The molecule has 14 heteroatoms. The third kappa shape index (κ3) is 9.02. The molecule has 2 aromatic heterocycles. The number of halogens is 1. The van der Waals surface area contributed by atoms with Gasteiger partial charge in [-0.3, -0.25) is 19.2 Å². The number of benzene rings is 2. The standard InChI is InChI=1S/C33H35FN6O7/c1-20(2)14-27-33-38-28(18-46-33)32(44)36-25(15-21-6-4-3-5-7-21)30(42)35-12-13-40(17-24-16-26(39-47-24)31(43)37-27)29(41)19-45-23-10-8-22(34)9-11-23/h3-11,16,18,20,25,27H,12-15,17,19H2,1-2H3,(H,35,42)(H,36,44)(H,37,43)/t25-,27+/m0/s1. The lowest BCUT2D eigenvalue weighted by molar-refractivity contribution is -0.134. The lowest BCUT2D eigenvalue weighted by Gasteiger charge is -2.23. The highest BCUT2D eigenvalue weighted by Crippen LogP contribution is 2.22. The Hall–Kier alpha value is -5.53. The third-order valence-electron chi connectivity index (χ3n) is 7.32. The first kappa shape index (κ1) is 32.9. The molecule has 47 heavy (non-hydrogen) atoms. The first-order chi connectivity index (χ1) is 22.6. The van der Waals surface area contributed by atoms with Gasteiger partial charge in [0.05, 0.1) is 6.54 Å². The van der Waals surface area contributed by atoms with Crippen LogP contribution in [0.4, 0.5) is 4.39 Å². The molecule has 246 valence electrons. The summed E-state index contributed by atoms with van der Waals surface area (Å²) in [6.45, 7) is 3.47. The highest BCUT2D eigenvalue weighted by atomic mass is 19.1. The van der Waals surface area contributed by atoms with E-state index in [1.807, 2.05) is 44.2 Å². The van der Waals surface area contributed by atoms with E-state index in [2.05, 4.69) is 26.1 Å². The van der Waals surface area contributed by atoms with E-state index in [4.69, 9.17) is 13.7 Å². The van der Waals surface area contributed by atoms with Crippen molar-refractivity contribution in [1.82, 2.24) is 31.0 Å². The predicted molar refractivity (Wildman–Crippen MR) is 164 cm³/mol. The van der Waals surface area contributed by atoms with E-state index < -0.39 is 41.5 Å². The zero-order valence-electron chi connectivity index (χ0n) is 25.9. The second-order valence-corrected chi connectivity index (χ2v) is 11.5. The summed E-state index contributed by atoms with van der Waals surface area (Å²) in [6, 6.07) is 14.1. The molecular formula is C33H35FN6O7. The van der Waals surface area contributed by atoms with Crippen LogP contribution in [0.5, 0.6) is 5.75 Å². The normalized spacial score (nSPS) is 17.7. The average Bonchev–Trinajstić information content (AvgIpc) is 3.74. The molecule has 3 heterocycles. The number of oxazole rings is 1. The first-order valence-corrected chi connectivity index (χ1v) is 15.1. The fourth-order valence-electron chi connectivity index (χ4n) is 4.95. The molecule has 4 aromatic rings. The van der Waals surface area contributed by atoms with Gasteiger partial charge in [-0.05, 0) is 42.2 Å². The number of ether oxygens (including phenoxy) is 1.